The Morgan fingerprint density at radius 3 is 2.69 bits per heavy atom. The number of aromatic nitrogens is 2. The highest BCUT2D eigenvalue weighted by Crippen LogP contribution is 2.27. The van der Waals surface area contributed by atoms with Crippen LogP contribution in [0.5, 0.6) is 0 Å². The minimum absolute atomic E-state index is 0.0199. The molecular formula is C20H22N4OS. The Balaban J connectivity index is 1.59. The van der Waals surface area contributed by atoms with Crippen molar-refractivity contribution in [2.45, 2.75) is 32.7 Å². The number of amides is 1. The molecular weight excluding hydrogens is 344 g/mol. The summed E-state index contributed by atoms with van der Waals surface area (Å²) in [6.07, 6.45) is 3.61. The Morgan fingerprint density at radius 2 is 2.00 bits per heavy atom. The lowest BCUT2D eigenvalue weighted by Gasteiger charge is -2.12. The van der Waals surface area contributed by atoms with E-state index in [9.17, 15) is 4.79 Å². The van der Waals surface area contributed by atoms with Crippen molar-refractivity contribution in [1.82, 2.24) is 15.3 Å². The van der Waals surface area contributed by atoms with Gasteiger partial charge < -0.3 is 10.6 Å². The molecule has 0 saturated heterocycles. The molecule has 6 heteroatoms. The first-order chi connectivity index (χ1) is 12.6. The molecule has 0 saturated carbocycles. The molecule has 3 rings (SSSR count). The van der Waals surface area contributed by atoms with Crippen LogP contribution in [0.3, 0.4) is 0 Å². The lowest BCUT2D eigenvalue weighted by Crippen LogP contribution is -2.30. The highest BCUT2D eigenvalue weighted by Gasteiger charge is 2.07. The summed E-state index contributed by atoms with van der Waals surface area (Å²) >= 11 is 1.56. The Hall–Kier alpha value is -2.73. The fourth-order valence-electron chi connectivity index (χ4n) is 2.65. The number of rotatable bonds is 7. The molecule has 0 fully saturated rings. The van der Waals surface area contributed by atoms with Gasteiger partial charge in [0.2, 0.25) is 5.91 Å². The van der Waals surface area contributed by atoms with Crippen LogP contribution in [0, 0.1) is 0 Å². The predicted octanol–water partition coefficient (Wildman–Crippen LogP) is 4.41. The first-order valence-corrected chi connectivity index (χ1v) is 9.48. The van der Waals surface area contributed by atoms with Gasteiger partial charge in [-0.25, -0.2) is 9.97 Å². The Morgan fingerprint density at radius 1 is 1.19 bits per heavy atom. The summed E-state index contributed by atoms with van der Waals surface area (Å²) in [6.45, 7) is 3.58. The highest BCUT2D eigenvalue weighted by atomic mass is 32.1. The summed E-state index contributed by atoms with van der Waals surface area (Å²) < 4.78 is 0. The maximum atomic E-state index is 11.1. The van der Waals surface area contributed by atoms with Crippen LogP contribution in [0.1, 0.15) is 25.8 Å². The molecule has 1 atom stereocenters. The number of anilines is 2. The standard InChI is InChI=1S/C20H22N4OS/c1-14(22-15(2)25)6-7-16-8-10-17(11-9-16)18-13-26-20(23-18)24-19-5-3-4-12-21-19/h3-5,8-14H,6-7H2,1-2H3,(H,22,25)(H,21,23,24)/t14-/m0/s1. The van der Waals surface area contributed by atoms with Crippen molar-refractivity contribution in [2.75, 3.05) is 5.32 Å². The molecule has 2 N–H and O–H groups in total. The van der Waals surface area contributed by atoms with Gasteiger partial charge in [-0.1, -0.05) is 30.3 Å². The van der Waals surface area contributed by atoms with E-state index in [1.54, 1.807) is 24.5 Å². The first kappa shape index (κ1) is 18.1. The summed E-state index contributed by atoms with van der Waals surface area (Å²) in [5.41, 5.74) is 3.30. The quantitative estimate of drug-likeness (QED) is 0.650. The smallest absolute Gasteiger partial charge is 0.217 e. The van der Waals surface area contributed by atoms with Crippen LogP contribution in [0.25, 0.3) is 11.3 Å². The molecule has 0 aliphatic heterocycles. The molecule has 1 aromatic carbocycles. The van der Waals surface area contributed by atoms with Crippen molar-refractivity contribution in [2.24, 2.45) is 0 Å². The van der Waals surface area contributed by atoms with Gasteiger partial charge in [0.05, 0.1) is 5.69 Å². The van der Waals surface area contributed by atoms with Crippen LogP contribution in [0.2, 0.25) is 0 Å². The van der Waals surface area contributed by atoms with Gasteiger partial charge in [-0.05, 0) is 37.5 Å². The van der Waals surface area contributed by atoms with E-state index < -0.39 is 0 Å². The maximum Gasteiger partial charge on any atom is 0.217 e. The second kappa shape index (κ2) is 8.58. The van der Waals surface area contributed by atoms with Gasteiger partial charge in [-0.2, -0.15) is 0 Å². The van der Waals surface area contributed by atoms with E-state index in [2.05, 4.69) is 44.9 Å². The summed E-state index contributed by atoms with van der Waals surface area (Å²) in [5.74, 6) is 0.809. The minimum Gasteiger partial charge on any atom is -0.354 e. The third-order valence-electron chi connectivity index (χ3n) is 3.97. The van der Waals surface area contributed by atoms with E-state index in [1.807, 2.05) is 30.5 Å². The molecule has 0 aliphatic carbocycles. The van der Waals surface area contributed by atoms with Crippen molar-refractivity contribution < 1.29 is 4.79 Å². The largest absolute Gasteiger partial charge is 0.354 e. The summed E-state index contributed by atoms with van der Waals surface area (Å²) in [7, 11) is 0. The molecule has 0 unspecified atom stereocenters. The van der Waals surface area contributed by atoms with E-state index in [4.69, 9.17) is 0 Å². The van der Waals surface area contributed by atoms with Crippen molar-refractivity contribution >= 4 is 28.2 Å². The van der Waals surface area contributed by atoms with Gasteiger partial charge in [-0.3, -0.25) is 4.79 Å². The number of pyridine rings is 1. The fraction of sp³-hybridized carbons (Fsp3) is 0.250. The third kappa shape index (κ3) is 5.13. The van der Waals surface area contributed by atoms with Crippen LogP contribution in [0.15, 0.2) is 54.0 Å². The first-order valence-electron chi connectivity index (χ1n) is 8.60. The zero-order chi connectivity index (χ0) is 18.4. The zero-order valence-corrected chi connectivity index (χ0v) is 15.7. The fourth-order valence-corrected chi connectivity index (χ4v) is 3.38. The van der Waals surface area contributed by atoms with Gasteiger partial charge in [0, 0.05) is 30.1 Å². The molecule has 134 valence electrons. The van der Waals surface area contributed by atoms with E-state index in [0.717, 1.165) is 35.0 Å². The van der Waals surface area contributed by atoms with Gasteiger partial charge >= 0.3 is 0 Å². The summed E-state index contributed by atoms with van der Waals surface area (Å²) in [6, 6.07) is 14.4. The molecule has 2 heterocycles. The van der Waals surface area contributed by atoms with Gasteiger partial charge in [-0.15, -0.1) is 11.3 Å². The Bertz CT molecular complexity index is 846. The Kier molecular flexibility index (Phi) is 5.96. The van der Waals surface area contributed by atoms with E-state index >= 15 is 0 Å². The molecule has 3 aromatic rings. The number of hydrogen-bond donors (Lipinski definition) is 2. The molecule has 0 radical (unpaired) electrons. The van der Waals surface area contributed by atoms with E-state index in [1.165, 1.54) is 5.56 Å². The van der Waals surface area contributed by atoms with E-state index in [0.29, 0.717) is 0 Å². The van der Waals surface area contributed by atoms with Gasteiger partial charge in [0.15, 0.2) is 5.13 Å². The number of benzene rings is 1. The molecule has 0 aliphatic rings. The molecule has 0 bridgehead atoms. The zero-order valence-electron chi connectivity index (χ0n) is 14.9. The maximum absolute atomic E-state index is 11.1. The minimum atomic E-state index is 0.0199. The normalized spacial score (nSPS) is 11.8. The van der Waals surface area contributed by atoms with Gasteiger partial charge in [0.25, 0.3) is 0 Å². The molecule has 0 spiro atoms. The number of nitrogens with one attached hydrogen (secondary N) is 2. The molecule has 26 heavy (non-hydrogen) atoms. The van der Waals surface area contributed by atoms with Crippen molar-refractivity contribution in [3.05, 3.63) is 59.6 Å². The molecule has 5 nitrogen and oxygen atoms in total. The number of hydrogen-bond acceptors (Lipinski definition) is 5. The average molecular weight is 366 g/mol. The summed E-state index contributed by atoms with van der Waals surface area (Å²) in [4.78, 5) is 19.9. The number of nitrogens with zero attached hydrogens (tertiary/aromatic N) is 2. The summed E-state index contributed by atoms with van der Waals surface area (Å²) in [5, 5.41) is 9.00. The molecule has 1 amide bonds. The SMILES string of the molecule is CC(=O)N[C@@H](C)CCc1ccc(-c2csc(Nc3ccccn3)n2)cc1. The molecule has 2 aromatic heterocycles. The number of carbonyl (C=O) groups excluding carboxylic acids is 1. The second-order valence-electron chi connectivity index (χ2n) is 6.22. The third-order valence-corrected chi connectivity index (χ3v) is 4.73. The van der Waals surface area contributed by atoms with Crippen LogP contribution < -0.4 is 10.6 Å². The predicted molar refractivity (Wildman–Crippen MR) is 107 cm³/mol. The second-order valence-corrected chi connectivity index (χ2v) is 7.07. The van der Waals surface area contributed by atoms with Crippen LogP contribution in [0.4, 0.5) is 10.9 Å². The number of thiazole rings is 1. The van der Waals surface area contributed by atoms with Crippen LogP contribution in [-0.2, 0) is 11.2 Å². The lowest BCUT2D eigenvalue weighted by atomic mass is 10.0. The average Bonchev–Trinajstić information content (AvgIpc) is 3.09. The van der Waals surface area contributed by atoms with Crippen molar-refractivity contribution in [3.63, 3.8) is 0 Å². The van der Waals surface area contributed by atoms with Gasteiger partial charge in [0.1, 0.15) is 5.82 Å². The Labute approximate surface area is 157 Å². The topological polar surface area (TPSA) is 66.9 Å². The van der Waals surface area contributed by atoms with Crippen LogP contribution >= 0.6 is 11.3 Å². The highest BCUT2D eigenvalue weighted by molar-refractivity contribution is 7.14. The monoisotopic (exact) mass is 366 g/mol. The van der Waals surface area contributed by atoms with E-state index in [-0.39, 0.29) is 11.9 Å². The number of aryl methyl sites for hydroxylation is 1. The number of carbonyl (C=O) groups is 1. The van der Waals surface area contributed by atoms with Crippen molar-refractivity contribution in [3.8, 4) is 11.3 Å². The lowest BCUT2D eigenvalue weighted by molar-refractivity contribution is -0.119. The van der Waals surface area contributed by atoms with Crippen LogP contribution in [-0.4, -0.2) is 21.9 Å². The van der Waals surface area contributed by atoms with Crippen molar-refractivity contribution in [1.29, 1.82) is 0 Å².